The molecule has 2 aromatic carbocycles. The summed E-state index contributed by atoms with van der Waals surface area (Å²) < 4.78 is 12.9. The smallest absolute Gasteiger partial charge is 0.269 e. The van der Waals surface area contributed by atoms with Gasteiger partial charge in [0.05, 0.1) is 29.5 Å². The predicted octanol–water partition coefficient (Wildman–Crippen LogP) is 2.76. The Bertz CT molecular complexity index is 1110. The van der Waals surface area contributed by atoms with Crippen LogP contribution in [0.25, 0.3) is 11.0 Å². The summed E-state index contributed by atoms with van der Waals surface area (Å²) in [6.07, 6.45) is 2.13. The first-order chi connectivity index (χ1) is 13.5. The number of hydrogen-bond donors (Lipinski definition) is 1. The summed E-state index contributed by atoms with van der Waals surface area (Å²) in [4.78, 5) is 29.1. The second-order valence-electron chi connectivity index (χ2n) is 6.74. The maximum Gasteiger partial charge on any atom is 0.269 e. The molecule has 4 rings (SSSR count). The van der Waals surface area contributed by atoms with E-state index >= 15 is 0 Å². The van der Waals surface area contributed by atoms with Crippen LogP contribution in [0.5, 0.6) is 11.5 Å². The molecule has 1 N–H and O–H groups in total. The minimum absolute atomic E-state index is 0.0946. The second-order valence-corrected chi connectivity index (χ2v) is 6.74. The lowest BCUT2D eigenvalue weighted by Crippen LogP contribution is -2.28. The highest BCUT2D eigenvalue weighted by Gasteiger charge is 2.22. The van der Waals surface area contributed by atoms with Crippen molar-refractivity contribution in [1.82, 2.24) is 9.55 Å². The maximum absolute atomic E-state index is 12.7. The molecule has 1 aliphatic heterocycles. The molecule has 1 aromatic heterocycles. The van der Waals surface area contributed by atoms with Crippen LogP contribution < -0.4 is 20.3 Å². The largest absolute Gasteiger partial charge is 0.492 e. The number of ether oxygens (including phenoxy) is 2. The fraction of sp³-hybridized carbons (Fsp3) is 0.286. The highest BCUT2D eigenvalue weighted by molar-refractivity contribution is 5.93. The molecule has 3 aromatic rings. The number of carbonyl (C=O) groups excluding carboxylic acids is 1. The molecule has 7 heteroatoms. The molecule has 2 heterocycles. The van der Waals surface area contributed by atoms with Gasteiger partial charge in [-0.15, -0.1) is 0 Å². The van der Waals surface area contributed by atoms with E-state index in [4.69, 9.17) is 9.47 Å². The molecule has 1 amide bonds. The van der Waals surface area contributed by atoms with Gasteiger partial charge < -0.3 is 14.8 Å². The number of anilines is 1. The second kappa shape index (κ2) is 7.34. The molecular formula is C21H21N3O4. The van der Waals surface area contributed by atoms with E-state index in [0.717, 1.165) is 17.7 Å². The molecule has 0 saturated heterocycles. The highest BCUT2D eigenvalue weighted by atomic mass is 16.5. The van der Waals surface area contributed by atoms with Crippen molar-refractivity contribution in [2.24, 2.45) is 0 Å². The summed E-state index contributed by atoms with van der Waals surface area (Å²) in [6.45, 7) is 4.24. The average Bonchev–Trinajstić information content (AvgIpc) is 3.03. The molecule has 0 radical (unpaired) electrons. The molecule has 0 fully saturated rings. The van der Waals surface area contributed by atoms with Gasteiger partial charge in [-0.3, -0.25) is 14.2 Å². The number of nitrogens with zero attached hydrogens (tertiary/aromatic N) is 2. The van der Waals surface area contributed by atoms with Gasteiger partial charge in [0.1, 0.15) is 24.1 Å². The average molecular weight is 379 g/mol. The Hall–Kier alpha value is -3.35. The van der Waals surface area contributed by atoms with Crippen molar-refractivity contribution < 1.29 is 14.3 Å². The minimum Gasteiger partial charge on any atom is -0.492 e. The van der Waals surface area contributed by atoms with Crippen LogP contribution in [0.2, 0.25) is 0 Å². The normalized spacial score (nSPS) is 15.1. The van der Waals surface area contributed by atoms with Crippen LogP contribution in [0.1, 0.15) is 19.4 Å². The molecular weight excluding hydrogens is 358 g/mol. The van der Waals surface area contributed by atoms with Crippen molar-refractivity contribution in [1.29, 1.82) is 0 Å². The third kappa shape index (κ3) is 3.43. The van der Waals surface area contributed by atoms with Crippen LogP contribution in [0.15, 0.2) is 47.4 Å². The molecule has 0 spiro atoms. The minimum atomic E-state index is -0.329. The summed E-state index contributed by atoms with van der Waals surface area (Å²) in [7, 11) is 0. The molecule has 0 saturated carbocycles. The van der Waals surface area contributed by atoms with Crippen molar-refractivity contribution in [3.8, 4) is 11.5 Å². The Morgan fingerprint density at radius 3 is 3.00 bits per heavy atom. The van der Waals surface area contributed by atoms with Crippen LogP contribution in [-0.2, 0) is 17.8 Å². The number of hydrogen-bond acceptors (Lipinski definition) is 5. The number of amides is 1. The number of aromatic nitrogens is 2. The van der Waals surface area contributed by atoms with Crippen molar-refractivity contribution >= 4 is 22.6 Å². The summed E-state index contributed by atoms with van der Waals surface area (Å²) in [5, 5.41) is 2.86. The summed E-state index contributed by atoms with van der Waals surface area (Å²) in [5.74, 6) is 1.02. The van der Waals surface area contributed by atoms with Crippen molar-refractivity contribution in [2.75, 3.05) is 11.9 Å². The Balaban J connectivity index is 1.62. The standard InChI is InChI=1S/C21H21N3O4/c1-3-27-19-9-14-8-13(2)28-18(14)10-16(19)23-20(25)12-24-17-7-5-4-6-15(17)22-11-21(24)26/h4-7,9-11,13H,3,8,12H2,1-2H3,(H,23,25). The van der Waals surface area contributed by atoms with E-state index in [2.05, 4.69) is 10.3 Å². The van der Waals surface area contributed by atoms with Gasteiger partial charge in [0.15, 0.2) is 0 Å². The Morgan fingerprint density at radius 1 is 1.36 bits per heavy atom. The van der Waals surface area contributed by atoms with Gasteiger partial charge >= 0.3 is 0 Å². The van der Waals surface area contributed by atoms with E-state index in [-0.39, 0.29) is 24.1 Å². The van der Waals surface area contributed by atoms with Gasteiger partial charge in [-0.05, 0) is 32.0 Å². The fourth-order valence-electron chi connectivity index (χ4n) is 3.42. The van der Waals surface area contributed by atoms with Crippen LogP contribution in [0.3, 0.4) is 0 Å². The van der Waals surface area contributed by atoms with Crippen LogP contribution >= 0.6 is 0 Å². The summed E-state index contributed by atoms with van der Waals surface area (Å²) in [5.41, 5.74) is 2.53. The van der Waals surface area contributed by atoms with E-state index in [0.29, 0.717) is 29.1 Å². The van der Waals surface area contributed by atoms with Gasteiger partial charge in [0.2, 0.25) is 5.91 Å². The molecule has 0 bridgehead atoms. The van der Waals surface area contributed by atoms with Crippen LogP contribution in [0, 0.1) is 0 Å². The van der Waals surface area contributed by atoms with E-state index in [9.17, 15) is 9.59 Å². The van der Waals surface area contributed by atoms with Gasteiger partial charge in [-0.1, -0.05) is 12.1 Å². The van der Waals surface area contributed by atoms with Gasteiger partial charge in [0, 0.05) is 18.1 Å². The number of para-hydroxylation sites is 2. The monoisotopic (exact) mass is 379 g/mol. The highest BCUT2D eigenvalue weighted by Crippen LogP contribution is 2.38. The SMILES string of the molecule is CCOc1cc2c(cc1NC(=O)Cn1c(=O)cnc3ccccc31)OC(C)C2. The third-order valence-electron chi connectivity index (χ3n) is 4.63. The molecule has 7 nitrogen and oxygen atoms in total. The summed E-state index contributed by atoms with van der Waals surface area (Å²) >= 11 is 0. The lowest BCUT2D eigenvalue weighted by molar-refractivity contribution is -0.116. The third-order valence-corrected chi connectivity index (χ3v) is 4.63. The number of benzene rings is 2. The number of rotatable bonds is 5. The Labute approximate surface area is 161 Å². The van der Waals surface area contributed by atoms with Gasteiger partial charge in [-0.2, -0.15) is 0 Å². The summed E-state index contributed by atoms with van der Waals surface area (Å²) in [6, 6.07) is 10.9. The molecule has 1 aliphatic rings. The van der Waals surface area contributed by atoms with E-state index in [1.54, 1.807) is 18.2 Å². The quantitative estimate of drug-likeness (QED) is 0.737. The zero-order chi connectivity index (χ0) is 19.7. The topological polar surface area (TPSA) is 82.5 Å². The van der Waals surface area contributed by atoms with E-state index in [1.807, 2.05) is 32.0 Å². The first kappa shape index (κ1) is 18.0. The van der Waals surface area contributed by atoms with Gasteiger partial charge in [0.25, 0.3) is 5.56 Å². The first-order valence-corrected chi connectivity index (χ1v) is 9.26. The molecule has 1 unspecified atom stereocenters. The van der Waals surface area contributed by atoms with Crippen molar-refractivity contribution in [3.63, 3.8) is 0 Å². The predicted molar refractivity (Wildman–Crippen MR) is 106 cm³/mol. The lowest BCUT2D eigenvalue weighted by Gasteiger charge is -2.14. The van der Waals surface area contributed by atoms with E-state index in [1.165, 1.54) is 10.8 Å². The van der Waals surface area contributed by atoms with Gasteiger partial charge in [-0.25, -0.2) is 4.98 Å². The number of nitrogens with one attached hydrogen (secondary N) is 1. The molecule has 0 aliphatic carbocycles. The van der Waals surface area contributed by atoms with Crippen molar-refractivity contribution in [2.45, 2.75) is 32.9 Å². The van der Waals surface area contributed by atoms with Crippen LogP contribution in [-0.4, -0.2) is 28.2 Å². The van der Waals surface area contributed by atoms with Crippen LogP contribution in [0.4, 0.5) is 5.69 Å². The Morgan fingerprint density at radius 2 is 2.18 bits per heavy atom. The zero-order valence-corrected chi connectivity index (χ0v) is 15.8. The maximum atomic E-state index is 12.7. The van der Waals surface area contributed by atoms with Crippen molar-refractivity contribution in [3.05, 3.63) is 58.5 Å². The molecule has 144 valence electrons. The number of carbonyl (C=O) groups is 1. The molecule has 1 atom stereocenters. The zero-order valence-electron chi connectivity index (χ0n) is 15.8. The fourth-order valence-corrected chi connectivity index (χ4v) is 3.42. The first-order valence-electron chi connectivity index (χ1n) is 9.26. The molecule has 28 heavy (non-hydrogen) atoms. The number of fused-ring (bicyclic) bond motifs is 2. The Kier molecular flexibility index (Phi) is 4.73. The van der Waals surface area contributed by atoms with E-state index < -0.39 is 0 Å². The lowest BCUT2D eigenvalue weighted by atomic mass is 10.1.